The SMILES string of the molecule is C=C(C)C(=O)OC[C@H]1OC(C)(COC(=O)C(=C)C)CC1OC. The second kappa shape index (κ2) is 7.56. The van der Waals surface area contributed by atoms with E-state index in [1.54, 1.807) is 21.0 Å². The highest BCUT2D eigenvalue weighted by Crippen LogP contribution is 2.33. The van der Waals surface area contributed by atoms with Crippen molar-refractivity contribution >= 4 is 11.9 Å². The minimum Gasteiger partial charge on any atom is -0.459 e. The van der Waals surface area contributed by atoms with Crippen molar-refractivity contribution in [3.05, 3.63) is 24.3 Å². The largest absolute Gasteiger partial charge is 0.459 e. The normalized spacial score (nSPS) is 27.3. The van der Waals surface area contributed by atoms with Crippen LogP contribution in [0.3, 0.4) is 0 Å². The molecule has 0 radical (unpaired) electrons. The van der Waals surface area contributed by atoms with Gasteiger partial charge in [-0.05, 0) is 20.8 Å². The molecule has 1 aliphatic heterocycles. The Bertz CT molecular complexity index is 469. The number of carbonyl (C=O) groups excluding carboxylic acids is 2. The van der Waals surface area contributed by atoms with E-state index in [1.807, 2.05) is 6.92 Å². The van der Waals surface area contributed by atoms with Crippen LogP contribution < -0.4 is 0 Å². The van der Waals surface area contributed by atoms with E-state index in [4.69, 9.17) is 18.9 Å². The molecule has 0 aromatic heterocycles. The third-order valence-corrected chi connectivity index (χ3v) is 3.37. The second-order valence-corrected chi connectivity index (χ2v) is 5.82. The van der Waals surface area contributed by atoms with E-state index < -0.39 is 23.6 Å². The van der Waals surface area contributed by atoms with E-state index in [-0.39, 0.29) is 19.3 Å². The van der Waals surface area contributed by atoms with E-state index in [1.165, 1.54) is 0 Å². The highest BCUT2D eigenvalue weighted by Gasteiger charge is 2.45. The fourth-order valence-electron chi connectivity index (χ4n) is 2.14. The first-order valence-electron chi connectivity index (χ1n) is 7.04. The van der Waals surface area contributed by atoms with Crippen LogP contribution >= 0.6 is 0 Å². The fraction of sp³-hybridized carbons (Fsp3) is 0.625. The van der Waals surface area contributed by atoms with Crippen molar-refractivity contribution in [1.82, 2.24) is 0 Å². The van der Waals surface area contributed by atoms with Crippen molar-refractivity contribution in [1.29, 1.82) is 0 Å². The predicted molar refractivity (Wildman–Crippen MR) is 80.2 cm³/mol. The molecule has 0 spiro atoms. The molecular formula is C16H24O6. The monoisotopic (exact) mass is 312 g/mol. The molecule has 124 valence electrons. The molecule has 0 saturated carbocycles. The van der Waals surface area contributed by atoms with Gasteiger partial charge in [-0.3, -0.25) is 0 Å². The minimum absolute atomic E-state index is 0.0637. The Morgan fingerprint density at radius 1 is 1.18 bits per heavy atom. The number of ether oxygens (including phenoxy) is 4. The third-order valence-electron chi connectivity index (χ3n) is 3.37. The molecular weight excluding hydrogens is 288 g/mol. The van der Waals surface area contributed by atoms with Crippen LogP contribution in [0.4, 0.5) is 0 Å². The van der Waals surface area contributed by atoms with E-state index in [0.717, 1.165) is 0 Å². The summed E-state index contributed by atoms with van der Waals surface area (Å²) >= 11 is 0. The summed E-state index contributed by atoms with van der Waals surface area (Å²) in [5.41, 5.74) is -0.0338. The maximum atomic E-state index is 11.5. The number of methoxy groups -OCH3 is 1. The summed E-state index contributed by atoms with van der Waals surface area (Å²) in [5, 5.41) is 0. The van der Waals surface area contributed by atoms with E-state index >= 15 is 0 Å². The molecule has 0 aromatic carbocycles. The van der Waals surface area contributed by atoms with Crippen molar-refractivity contribution in [2.24, 2.45) is 0 Å². The van der Waals surface area contributed by atoms with Gasteiger partial charge < -0.3 is 18.9 Å². The quantitative estimate of drug-likeness (QED) is 0.527. The summed E-state index contributed by atoms with van der Waals surface area (Å²) in [7, 11) is 1.56. The topological polar surface area (TPSA) is 71.1 Å². The van der Waals surface area contributed by atoms with Crippen molar-refractivity contribution < 1.29 is 28.5 Å². The van der Waals surface area contributed by atoms with Gasteiger partial charge in [0, 0.05) is 24.7 Å². The molecule has 1 aliphatic rings. The van der Waals surface area contributed by atoms with Crippen molar-refractivity contribution in [2.75, 3.05) is 20.3 Å². The fourth-order valence-corrected chi connectivity index (χ4v) is 2.14. The Labute approximate surface area is 131 Å². The Morgan fingerprint density at radius 2 is 1.73 bits per heavy atom. The first kappa shape index (κ1) is 18.4. The van der Waals surface area contributed by atoms with Crippen molar-refractivity contribution in [3.63, 3.8) is 0 Å². The Hall–Kier alpha value is -1.66. The van der Waals surface area contributed by atoms with Gasteiger partial charge in [0.25, 0.3) is 0 Å². The average Bonchev–Trinajstić information content (AvgIpc) is 2.78. The predicted octanol–water partition coefficient (Wildman–Crippen LogP) is 1.79. The van der Waals surface area contributed by atoms with Gasteiger partial charge in [-0.1, -0.05) is 13.2 Å². The molecule has 1 rings (SSSR count). The van der Waals surface area contributed by atoms with Gasteiger partial charge in [-0.15, -0.1) is 0 Å². The Morgan fingerprint density at radius 3 is 2.23 bits per heavy atom. The van der Waals surface area contributed by atoms with Crippen LogP contribution in [0.5, 0.6) is 0 Å². The molecule has 6 heteroatoms. The van der Waals surface area contributed by atoms with Crippen molar-refractivity contribution in [3.8, 4) is 0 Å². The highest BCUT2D eigenvalue weighted by atomic mass is 16.6. The average molecular weight is 312 g/mol. The van der Waals surface area contributed by atoms with E-state index in [2.05, 4.69) is 13.2 Å². The maximum Gasteiger partial charge on any atom is 0.333 e. The van der Waals surface area contributed by atoms with Crippen LogP contribution in [0.15, 0.2) is 24.3 Å². The van der Waals surface area contributed by atoms with E-state index in [0.29, 0.717) is 17.6 Å². The number of carbonyl (C=O) groups is 2. The third kappa shape index (κ3) is 4.96. The molecule has 0 bridgehead atoms. The van der Waals surface area contributed by atoms with Crippen LogP contribution in [0.1, 0.15) is 27.2 Å². The standard InChI is InChI=1S/C16H24O6/c1-10(2)14(17)20-8-13-12(19-6)7-16(5,22-13)9-21-15(18)11(3)4/h12-13H,1,3,7-9H2,2,4-6H3/t12?,13-,16?/m1/s1. The van der Waals surface area contributed by atoms with Crippen LogP contribution in [0, 0.1) is 0 Å². The first-order valence-corrected chi connectivity index (χ1v) is 7.04. The molecule has 1 fully saturated rings. The zero-order chi connectivity index (χ0) is 16.9. The molecule has 0 amide bonds. The lowest BCUT2D eigenvalue weighted by molar-refractivity contribution is -0.155. The summed E-state index contributed by atoms with van der Waals surface area (Å²) < 4.78 is 21.5. The summed E-state index contributed by atoms with van der Waals surface area (Å²) in [6.07, 6.45) is -0.129. The number of hydrogen-bond donors (Lipinski definition) is 0. The van der Waals surface area contributed by atoms with Crippen molar-refractivity contribution in [2.45, 2.75) is 45.0 Å². The lowest BCUT2D eigenvalue weighted by atomic mass is 10.0. The number of hydrogen-bond acceptors (Lipinski definition) is 6. The zero-order valence-electron chi connectivity index (χ0n) is 13.6. The lowest BCUT2D eigenvalue weighted by Gasteiger charge is -2.24. The molecule has 22 heavy (non-hydrogen) atoms. The summed E-state index contributed by atoms with van der Waals surface area (Å²) in [5.74, 6) is -0.934. The summed E-state index contributed by atoms with van der Waals surface area (Å²) in [6, 6.07) is 0. The molecule has 0 aliphatic carbocycles. The number of esters is 2. The summed E-state index contributed by atoms with van der Waals surface area (Å²) in [4.78, 5) is 22.9. The van der Waals surface area contributed by atoms with Crippen LogP contribution in [0.2, 0.25) is 0 Å². The molecule has 3 atom stereocenters. The Kier molecular flexibility index (Phi) is 6.32. The lowest BCUT2D eigenvalue weighted by Crippen LogP contribution is -2.33. The van der Waals surface area contributed by atoms with Crippen LogP contribution in [-0.2, 0) is 28.5 Å². The molecule has 0 aromatic rings. The number of rotatable bonds is 7. The molecule has 6 nitrogen and oxygen atoms in total. The van der Waals surface area contributed by atoms with Gasteiger partial charge in [-0.25, -0.2) is 9.59 Å². The molecule has 1 saturated heterocycles. The maximum absolute atomic E-state index is 11.5. The van der Waals surface area contributed by atoms with Gasteiger partial charge in [0.15, 0.2) is 0 Å². The summed E-state index contributed by atoms with van der Waals surface area (Å²) in [6.45, 7) is 12.2. The Balaban J connectivity index is 2.59. The van der Waals surface area contributed by atoms with Crippen LogP contribution in [-0.4, -0.2) is 50.1 Å². The van der Waals surface area contributed by atoms with Crippen LogP contribution in [0.25, 0.3) is 0 Å². The van der Waals surface area contributed by atoms with Gasteiger partial charge in [0.05, 0.1) is 6.10 Å². The second-order valence-electron chi connectivity index (χ2n) is 5.82. The smallest absolute Gasteiger partial charge is 0.333 e. The first-order chi connectivity index (χ1) is 10.2. The molecule has 1 heterocycles. The van der Waals surface area contributed by atoms with Gasteiger partial charge in [0.1, 0.15) is 24.9 Å². The zero-order valence-corrected chi connectivity index (χ0v) is 13.6. The van der Waals surface area contributed by atoms with Gasteiger partial charge in [-0.2, -0.15) is 0 Å². The molecule has 2 unspecified atom stereocenters. The highest BCUT2D eigenvalue weighted by molar-refractivity contribution is 5.87. The van der Waals surface area contributed by atoms with Gasteiger partial charge >= 0.3 is 11.9 Å². The van der Waals surface area contributed by atoms with E-state index in [9.17, 15) is 9.59 Å². The molecule has 0 N–H and O–H groups in total. The van der Waals surface area contributed by atoms with Gasteiger partial charge in [0.2, 0.25) is 0 Å². The minimum atomic E-state index is -0.688.